The molecule has 1 aliphatic carbocycles. The van der Waals surface area contributed by atoms with E-state index < -0.39 is 4.92 Å². The van der Waals surface area contributed by atoms with E-state index in [1.165, 1.54) is 25.3 Å². The monoisotopic (exact) mass is 264 g/mol. The number of nitro groups is 1. The van der Waals surface area contributed by atoms with Crippen molar-refractivity contribution in [3.8, 4) is 5.75 Å². The summed E-state index contributed by atoms with van der Waals surface area (Å²) >= 11 is 0. The molecule has 0 aliphatic heterocycles. The summed E-state index contributed by atoms with van der Waals surface area (Å²) in [7, 11) is 1.39. The maximum atomic E-state index is 12.1. The third kappa shape index (κ3) is 3.01. The third-order valence-corrected chi connectivity index (χ3v) is 3.33. The molecule has 6 nitrogen and oxygen atoms in total. The van der Waals surface area contributed by atoms with Crippen LogP contribution in [0.4, 0.5) is 5.69 Å². The van der Waals surface area contributed by atoms with E-state index in [1.54, 1.807) is 0 Å². The van der Waals surface area contributed by atoms with Crippen LogP contribution in [0, 0.1) is 10.1 Å². The van der Waals surface area contributed by atoms with Crippen LogP contribution < -0.4 is 10.1 Å². The quantitative estimate of drug-likeness (QED) is 0.668. The highest BCUT2D eigenvalue weighted by atomic mass is 16.6. The Morgan fingerprint density at radius 3 is 2.68 bits per heavy atom. The first-order chi connectivity index (χ1) is 9.11. The normalized spacial score (nSPS) is 15.2. The first kappa shape index (κ1) is 13.3. The van der Waals surface area contributed by atoms with Gasteiger partial charge in [-0.3, -0.25) is 14.9 Å². The van der Waals surface area contributed by atoms with Crippen molar-refractivity contribution in [3.63, 3.8) is 0 Å². The summed E-state index contributed by atoms with van der Waals surface area (Å²) < 4.78 is 5.06. The maximum Gasteiger partial charge on any atom is 0.273 e. The minimum atomic E-state index is -0.513. The molecule has 0 spiro atoms. The summed E-state index contributed by atoms with van der Waals surface area (Å²) in [4.78, 5) is 22.3. The fraction of sp³-hybridized carbons (Fsp3) is 0.462. The number of nitrogens with zero attached hydrogens (tertiary/aromatic N) is 1. The van der Waals surface area contributed by atoms with E-state index >= 15 is 0 Å². The first-order valence-electron chi connectivity index (χ1n) is 6.25. The number of benzene rings is 1. The van der Waals surface area contributed by atoms with Gasteiger partial charge in [0.15, 0.2) is 0 Å². The summed E-state index contributed by atoms with van der Waals surface area (Å²) in [6.07, 6.45) is 4.23. The van der Waals surface area contributed by atoms with E-state index in [2.05, 4.69) is 5.32 Å². The van der Waals surface area contributed by atoms with Crippen LogP contribution in [-0.4, -0.2) is 24.0 Å². The molecule has 1 aromatic rings. The van der Waals surface area contributed by atoms with E-state index in [-0.39, 0.29) is 23.4 Å². The number of hydrogen-bond acceptors (Lipinski definition) is 4. The van der Waals surface area contributed by atoms with E-state index in [0.717, 1.165) is 25.7 Å². The number of carbonyl (C=O) groups is 1. The Kier molecular flexibility index (Phi) is 3.99. The van der Waals surface area contributed by atoms with E-state index in [0.29, 0.717) is 5.56 Å². The number of ether oxygens (including phenoxy) is 1. The van der Waals surface area contributed by atoms with Crippen molar-refractivity contribution in [2.45, 2.75) is 31.7 Å². The molecular formula is C13H16N2O4. The molecule has 1 fully saturated rings. The predicted molar refractivity (Wildman–Crippen MR) is 69.4 cm³/mol. The smallest absolute Gasteiger partial charge is 0.273 e. The van der Waals surface area contributed by atoms with Crippen molar-refractivity contribution < 1.29 is 14.5 Å². The van der Waals surface area contributed by atoms with Crippen molar-refractivity contribution in [2.24, 2.45) is 0 Å². The van der Waals surface area contributed by atoms with Crippen molar-refractivity contribution in [3.05, 3.63) is 33.9 Å². The Morgan fingerprint density at radius 1 is 1.42 bits per heavy atom. The number of amides is 1. The maximum absolute atomic E-state index is 12.1. The zero-order valence-electron chi connectivity index (χ0n) is 10.7. The molecule has 1 aromatic carbocycles. The highest BCUT2D eigenvalue weighted by Gasteiger charge is 2.21. The number of nitrogens with one attached hydrogen (secondary N) is 1. The molecule has 0 bridgehead atoms. The zero-order valence-corrected chi connectivity index (χ0v) is 10.7. The molecule has 1 saturated carbocycles. The molecule has 6 heteroatoms. The average molecular weight is 264 g/mol. The van der Waals surface area contributed by atoms with Gasteiger partial charge < -0.3 is 10.1 Å². The average Bonchev–Trinajstić information content (AvgIpc) is 2.90. The molecule has 1 N–H and O–H groups in total. The Bertz CT molecular complexity index is 495. The fourth-order valence-corrected chi connectivity index (χ4v) is 2.31. The SMILES string of the molecule is COc1cc([N+](=O)[O-])ccc1C(=O)NC1CCCC1. The minimum Gasteiger partial charge on any atom is -0.496 e. The number of non-ortho nitro benzene ring substituents is 1. The van der Waals surface area contributed by atoms with Gasteiger partial charge in [-0.15, -0.1) is 0 Å². The van der Waals surface area contributed by atoms with Gasteiger partial charge in [-0.2, -0.15) is 0 Å². The van der Waals surface area contributed by atoms with Gasteiger partial charge in [0.05, 0.1) is 23.7 Å². The second-order valence-corrected chi connectivity index (χ2v) is 4.60. The van der Waals surface area contributed by atoms with Crippen molar-refractivity contribution in [1.82, 2.24) is 5.32 Å². The summed E-state index contributed by atoms with van der Waals surface area (Å²) in [5.41, 5.74) is 0.245. The topological polar surface area (TPSA) is 81.5 Å². The molecule has 102 valence electrons. The Morgan fingerprint density at radius 2 is 2.11 bits per heavy atom. The molecule has 0 unspecified atom stereocenters. The second-order valence-electron chi connectivity index (χ2n) is 4.60. The van der Waals surface area contributed by atoms with Crippen molar-refractivity contribution in [1.29, 1.82) is 0 Å². The lowest BCUT2D eigenvalue weighted by Gasteiger charge is -2.13. The molecule has 0 saturated heterocycles. The van der Waals surface area contributed by atoms with Crippen LogP contribution in [0.3, 0.4) is 0 Å². The van der Waals surface area contributed by atoms with E-state index in [4.69, 9.17) is 4.74 Å². The van der Waals surface area contributed by atoms with Crippen LogP contribution in [0.2, 0.25) is 0 Å². The number of nitro benzene ring substituents is 1. The van der Waals surface area contributed by atoms with Gasteiger partial charge >= 0.3 is 0 Å². The first-order valence-corrected chi connectivity index (χ1v) is 6.25. The predicted octanol–water partition coefficient (Wildman–Crippen LogP) is 2.28. The standard InChI is InChI=1S/C13H16N2O4/c1-19-12-8-10(15(17)18)6-7-11(12)13(16)14-9-4-2-3-5-9/h6-9H,2-5H2,1H3,(H,14,16). The van der Waals surface area contributed by atoms with Gasteiger partial charge in [0.1, 0.15) is 5.75 Å². The van der Waals surface area contributed by atoms with Crippen LogP contribution in [0.25, 0.3) is 0 Å². The highest BCUT2D eigenvalue weighted by molar-refractivity contribution is 5.97. The van der Waals surface area contributed by atoms with Gasteiger partial charge in [-0.25, -0.2) is 0 Å². The summed E-state index contributed by atoms with van der Waals surface area (Å²) in [5, 5.41) is 13.6. The fourth-order valence-electron chi connectivity index (χ4n) is 2.31. The Balaban J connectivity index is 2.18. The molecule has 19 heavy (non-hydrogen) atoms. The van der Waals surface area contributed by atoms with Crippen molar-refractivity contribution >= 4 is 11.6 Å². The van der Waals surface area contributed by atoms with Crippen LogP contribution in [0.5, 0.6) is 5.75 Å². The molecule has 0 aromatic heterocycles. The van der Waals surface area contributed by atoms with Gasteiger partial charge in [-0.1, -0.05) is 12.8 Å². The third-order valence-electron chi connectivity index (χ3n) is 3.33. The van der Waals surface area contributed by atoms with E-state index in [9.17, 15) is 14.9 Å². The van der Waals surface area contributed by atoms with E-state index in [1.807, 2.05) is 0 Å². The largest absolute Gasteiger partial charge is 0.496 e. The Hall–Kier alpha value is -2.11. The number of methoxy groups -OCH3 is 1. The van der Waals surface area contributed by atoms with Crippen LogP contribution in [-0.2, 0) is 0 Å². The van der Waals surface area contributed by atoms with Crippen molar-refractivity contribution in [2.75, 3.05) is 7.11 Å². The lowest BCUT2D eigenvalue weighted by molar-refractivity contribution is -0.384. The molecule has 1 aliphatic rings. The molecule has 1 amide bonds. The summed E-state index contributed by atoms with van der Waals surface area (Å²) in [6.45, 7) is 0. The summed E-state index contributed by atoms with van der Waals surface area (Å²) in [5.74, 6) is -0.0108. The summed E-state index contributed by atoms with van der Waals surface area (Å²) in [6, 6.07) is 4.21. The number of rotatable bonds is 4. The number of carbonyl (C=O) groups excluding carboxylic acids is 1. The molecule has 0 atom stereocenters. The lowest BCUT2D eigenvalue weighted by Crippen LogP contribution is -2.32. The number of hydrogen-bond donors (Lipinski definition) is 1. The second kappa shape index (κ2) is 5.69. The molecule has 0 radical (unpaired) electrons. The van der Waals surface area contributed by atoms with Gasteiger partial charge in [-0.05, 0) is 18.9 Å². The zero-order chi connectivity index (χ0) is 13.8. The van der Waals surface area contributed by atoms with Crippen LogP contribution in [0.15, 0.2) is 18.2 Å². The highest BCUT2D eigenvalue weighted by Crippen LogP contribution is 2.25. The van der Waals surface area contributed by atoms with Crippen LogP contribution >= 0.6 is 0 Å². The van der Waals surface area contributed by atoms with Crippen LogP contribution in [0.1, 0.15) is 36.0 Å². The van der Waals surface area contributed by atoms with Gasteiger partial charge in [0.2, 0.25) is 0 Å². The Labute approximate surface area is 110 Å². The lowest BCUT2D eigenvalue weighted by atomic mass is 10.1. The van der Waals surface area contributed by atoms with Gasteiger partial charge in [0, 0.05) is 12.1 Å². The molecular weight excluding hydrogens is 248 g/mol. The molecule has 0 heterocycles. The molecule has 2 rings (SSSR count). The van der Waals surface area contributed by atoms with Gasteiger partial charge in [0.25, 0.3) is 11.6 Å². The minimum absolute atomic E-state index is 0.0886.